The van der Waals surface area contributed by atoms with Crippen LogP contribution in [0.3, 0.4) is 0 Å². The molecule has 100 valence electrons. The maximum Gasteiger partial charge on any atom is 0.401 e. The van der Waals surface area contributed by atoms with E-state index < -0.39 is 12.7 Å². The predicted octanol–water partition coefficient (Wildman–Crippen LogP) is 2.85. The fraction of sp³-hybridized carbons (Fsp3) is 0.500. The number of piperazine rings is 1. The Balaban J connectivity index is 2.20. The summed E-state index contributed by atoms with van der Waals surface area (Å²) in [7, 11) is 0. The Labute approximate surface area is 109 Å². The van der Waals surface area contributed by atoms with Gasteiger partial charge in [0.1, 0.15) is 0 Å². The fourth-order valence-electron chi connectivity index (χ4n) is 2.22. The second-order valence-corrected chi connectivity index (χ2v) is 4.73. The molecule has 0 bridgehead atoms. The molecule has 1 fully saturated rings. The number of alkyl halides is 3. The molecule has 1 saturated heterocycles. The van der Waals surface area contributed by atoms with E-state index in [1.807, 2.05) is 0 Å². The molecule has 0 amide bonds. The van der Waals surface area contributed by atoms with E-state index in [2.05, 4.69) is 5.32 Å². The third kappa shape index (κ3) is 3.37. The monoisotopic (exact) mass is 278 g/mol. The van der Waals surface area contributed by atoms with Crippen LogP contribution in [0, 0.1) is 0 Å². The molecule has 2 nitrogen and oxygen atoms in total. The molecule has 1 aromatic rings. The number of halogens is 4. The zero-order valence-electron chi connectivity index (χ0n) is 9.67. The Morgan fingerprint density at radius 3 is 2.72 bits per heavy atom. The van der Waals surface area contributed by atoms with Crippen molar-refractivity contribution in [2.75, 3.05) is 26.2 Å². The van der Waals surface area contributed by atoms with Crippen LogP contribution in [0.5, 0.6) is 0 Å². The van der Waals surface area contributed by atoms with Gasteiger partial charge in [0, 0.05) is 30.7 Å². The molecule has 0 aromatic heterocycles. The second-order valence-electron chi connectivity index (χ2n) is 4.33. The van der Waals surface area contributed by atoms with E-state index in [4.69, 9.17) is 11.6 Å². The minimum absolute atomic E-state index is 0.325. The highest BCUT2D eigenvalue weighted by Crippen LogP contribution is 2.30. The van der Waals surface area contributed by atoms with E-state index in [-0.39, 0.29) is 6.04 Å². The molecule has 1 unspecified atom stereocenters. The molecule has 2 rings (SSSR count). The number of hydrogen-bond acceptors (Lipinski definition) is 2. The molecule has 1 aromatic carbocycles. The number of nitrogens with zero attached hydrogens (tertiary/aromatic N) is 1. The van der Waals surface area contributed by atoms with Gasteiger partial charge in [-0.3, -0.25) is 4.90 Å². The first kappa shape index (κ1) is 13.6. The van der Waals surface area contributed by atoms with E-state index >= 15 is 0 Å². The molecule has 1 N–H and O–H groups in total. The fourth-order valence-corrected chi connectivity index (χ4v) is 2.48. The predicted molar refractivity (Wildman–Crippen MR) is 64.7 cm³/mol. The van der Waals surface area contributed by atoms with Gasteiger partial charge in [0.15, 0.2) is 0 Å². The Hall–Kier alpha value is -0.780. The van der Waals surface area contributed by atoms with Crippen molar-refractivity contribution < 1.29 is 13.2 Å². The third-order valence-corrected chi connectivity index (χ3v) is 3.35. The summed E-state index contributed by atoms with van der Waals surface area (Å²) < 4.78 is 37.6. The van der Waals surface area contributed by atoms with Crippen LogP contribution in [0.25, 0.3) is 0 Å². The Bertz CT molecular complexity index is 409. The number of hydrogen-bond donors (Lipinski definition) is 1. The lowest BCUT2D eigenvalue weighted by molar-refractivity contribution is -0.152. The molecule has 0 spiro atoms. The largest absolute Gasteiger partial charge is 0.401 e. The van der Waals surface area contributed by atoms with Gasteiger partial charge in [0.05, 0.1) is 6.54 Å². The average molecular weight is 279 g/mol. The van der Waals surface area contributed by atoms with Crippen LogP contribution in [0.15, 0.2) is 24.3 Å². The molecule has 0 aliphatic carbocycles. The SMILES string of the molecule is FC(F)(F)CN1CCNCC1c1ccccc1Cl. The van der Waals surface area contributed by atoms with Gasteiger partial charge >= 0.3 is 6.18 Å². The van der Waals surface area contributed by atoms with E-state index in [1.165, 1.54) is 4.90 Å². The summed E-state index contributed by atoms with van der Waals surface area (Å²) >= 11 is 6.06. The van der Waals surface area contributed by atoms with Gasteiger partial charge in [-0.25, -0.2) is 0 Å². The lowest BCUT2D eigenvalue weighted by Gasteiger charge is -2.37. The van der Waals surface area contributed by atoms with Crippen molar-refractivity contribution in [2.24, 2.45) is 0 Å². The van der Waals surface area contributed by atoms with Crippen molar-refractivity contribution in [2.45, 2.75) is 12.2 Å². The normalized spacial score (nSPS) is 22.1. The van der Waals surface area contributed by atoms with Gasteiger partial charge in [-0.15, -0.1) is 0 Å². The van der Waals surface area contributed by atoms with E-state index in [1.54, 1.807) is 24.3 Å². The maximum atomic E-state index is 12.5. The first-order valence-corrected chi connectivity index (χ1v) is 6.11. The third-order valence-electron chi connectivity index (χ3n) is 3.00. The average Bonchev–Trinajstić information content (AvgIpc) is 2.29. The molecule has 6 heteroatoms. The molecule has 1 atom stereocenters. The van der Waals surface area contributed by atoms with Crippen molar-refractivity contribution in [1.82, 2.24) is 10.2 Å². The van der Waals surface area contributed by atoms with Crippen molar-refractivity contribution in [1.29, 1.82) is 0 Å². The Kier molecular flexibility index (Phi) is 4.14. The Morgan fingerprint density at radius 2 is 2.06 bits per heavy atom. The molecule has 1 aliphatic heterocycles. The summed E-state index contributed by atoms with van der Waals surface area (Å²) in [5.41, 5.74) is 0.746. The summed E-state index contributed by atoms with van der Waals surface area (Å²) in [4.78, 5) is 1.43. The highest BCUT2D eigenvalue weighted by atomic mass is 35.5. The summed E-state index contributed by atoms with van der Waals surface area (Å²) in [6.45, 7) is 0.525. The van der Waals surface area contributed by atoms with Crippen LogP contribution >= 0.6 is 11.6 Å². The number of rotatable bonds is 2. The van der Waals surface area contributed by atoms with Crippen LogP contribution in [0.4, 0.5) is 13.2 Å². The zero-order chi connectivity index (χ0) is 13.2. The van der Waals surface area contributed by atoms with Gasteiger partial charge < -0.3 is 5.32 Å². The maximum absolute atomic E-state index is 12.5. The molecule has 1 aliphatic rings. The van der Waals surface area contributed by atoms with E-state index in [9.17, 15) is 13.2 Å². The summed E-state index contributed by atoms with van der Waals surface area (Å²) in [6.07, 6.45) is -4.18. The molecular weight excluding hydrogens is 265 g/mol. The van der Waals surface area contributed by atoms with Gasteiger partial charge in [0.25, 0.3) is 0 Å². The van der Waals surface area contributed by atoms with Gasteiger partial charge in [0.2, 0.25) is 0 Å². The molecule has 18 heavy (non-hydrogen) atoms. The topological polar surface area (TPSA) is 15.3 Å². The van der Waals surface area contributed by atoms with Crippen LogP contribution in [0.2, 0.25) is 5.02 Å². The summed E-state index contributed by atoms with van der Waals surface area (Å²) in [5.74, 6) is 0. The molecular formula is C12H14ClF3N2. The molecule has 1 heterocycles. The lowest BCUT2D eigenvalue weighted by Crippen LogP contribution is -2.49. The van der Waals surface area contributed by atoms with Crippen LogP contribution < -0.4 is 5.32 Å². The van der Waals surface area contributed by atoms with Crippen molar-refractivity contribution in [3.05, 3.63) is 34.9 Å². The van der Waals surface area contributed by atoms with Gasteiger partial charge in [-0.05, 0) is 11.6 Å². The van der Waals surface area contributed by atoms with Crippen molar-refractivity contribution in [3.63, 3.8) is 0 Å². The number of nitrogens with one attached hydrogen (secondary N) is 1. The first-order chi connectivity index (χ1) is 8.47. The highest BCUT2D eigenvalue weighted by molar-refractivity contribution is 6.31. The standard InChI is InChI=1S/C12H14ClF3N2/c13-10-4-2-1-3-9(10)11-7-17-5-6-18(11)8-12(14,15)16/h1-4,11,17H,5-8H2. The second kappa shape index (κ2) is 5.47. The smallest absolute Gasteiger partial charge is 0.314 e. The Morgan fingerprint density at radius 1 is 1.33 bits per heavy atom. The quantitative estimate of drug-likeness (QED) is 0.895. The van der Waals surface area contributed by atoms with E-state index in [0.717, 1.165) is 5.56 Å². The van der Waals surface area contributed by atoms with Crippen LogP contribution in [-0.4, -0.2) is 37.3 Å². The lowest BCUT2D eigenvalue weighted by atomic mass is 10.0. The minimum atomic E-state index is -4.18. The molecule has 0 radical (unpaired) electrons. The van der Waals surface area contributed by atoms with Crippen molar-refractivity contribution >= 4 is 11.6 Å². The van der Waals surface area contributed by atoms with Crippen LogP contribution in [-0.2, 0) is 0 Å². The summed E-state index contributed by atoms with van der Waals surface area (Å²) in [5, 5.41) is 3.62. The van der Waals surface area contributed by atoms with Gasteiger partial charge in [-0.2, -0.15) is 13.2 Å². The highest BCUT2D eigenvalue weighted by Gasteiger charge is 2.35. The minimum Gasteiger partial charge on any atom is -0.314 e. The zero-order valence-corrected chi connectivity index (χ0v) is 10.4. The van der Waals surface area contributed by atoms with Crippen molar-refractivity contribution in [3.8, 4) is 0 Å². The summed E-state index contributed by atoms with van der Waals surface area (Å²) in [6, 6.07) is 6.73. The van der Waals surface area contributed by atoms with E-state index in [0.29, 0.717) is 24.7 Å². The van der Waals surface area contributed by atoms with Gasteiger partial charge in [-0.1, -0.05) is 29.8 Å². The number of benzene rings is 1. The first-order valence-electron chi connectivity index (χ1n) is 5.73. The van der Waals surface area contributed by atoms with Crippen LogP contribution in [0.1, 0.15) is 11.6 Å². The molecule has 0 saturated carbocycles.